The Morgan fingerprint density at radius 1 is 1.23 bits per heavy atom. The lowest BCUT2D eigenvalue weighted by Gasteiger charge is -2.44. The molecule has 0 aliphatic heterocycles. The topological polar surface area (TPSA) is 60.7 Å². The molecule has 3 heteroatoms. The largest absolute Gasteiger partial charge is 0.393 e. The standard InChI is InChI=1S/C27H44O3/c1-18(8-6-14-26(3,4)30)23-12-13-24-20(9-7-15-27(23,24)5)10-11-21-16-22(28)17-25(29)19(21)2/h10-11,18,22-25,28-30H,2,6-9,12-17H2,1,3-5H3/t18-,22?,23-,24+,25?,27-/m1/s1. The molecule has 0 amide bonds. The van der Waals surface area contributed by atoms with Crippen LogP contribution in [0.4, 0.5) is 0 Å². The summed E-state index contributed by atoms with van der Waals surface area (Å²) in [5.74, 6) is 2.11. The highest BCUT2D eigenvalue weighted by molar-refractivity contribution is 5.38. The van der Waals surface area contributed by atoms with Crippen LogP contribution in [0.25, 0.3) is 0 Å². The van der Waals surface area contributed by atoms with E-state index in [0.717, 1.165) is 29.9 Å². The molecule has 3 rings (SSSR count). The van der Waals surface area contributed by atoms with Crippen molar-refractivity contribution in [3.05, 3.63) is 35.5 Å². The number of rotatable bonds is 6. The molecule has 0 aromatic heterocycles. The molecular formula is C27H44O3. The second kappa shape index (κ2) is 9.30. The van der Waals surface area contributed by atoms with Crippen LogP contribution in [-0.2, 0) is 0 Å². The van der Waals surface area contributed by atoms with Gasteiger partial charge in [0.05, 0.1) is 17.8 Å². The van der Waals surface area contributed by atoms with Crippen molar-refractivity contribution >= 4 is 0 Å². The van der Waals surface area contributed by atoms with Crippen LogP contribution in [0.1, 0.15) is 91.9 Å². The summed E-state index contributed by atoms with van der Waals surface area (Å²) in [5.41, 5.74) is 3.17. The van der Waals surface area contributed by atoms with Gasteiger partial charge in [-0.1, -0.05) is 51.0 Å². The van der Waals surface area contributed by atoms with Crippen molar-refractivity contribution < 1.29 is 15.3 Å². The molecule has 0 radical (unpaired) electrons. The molecule has 30 heavy (non-hydrogen) atoms. The van der Waals surface area contributed by atoms with Gasteiger partial charge in [-0.05, 0) is 93.1 Å². The molecule has 0 heterocycles. The Morgan fingerprint density at radius 3 is 2.67 bits per heavy atom. The van der Waals surface area contributed by atoms with Crippen LogP contribution in [0.5, 0.6) is 0 Å². The molecule has 3 fully saturated rings. The van der Waals surface area contributed by atoms with Gasteiger partial charge in [0.1, 0.15) is 0 Å². The van der Waals surface area contributed by atoms with Gasteiger partial charge in [-0.3, -0.25) is 0 Å². The summed E-state index contributed by atoms with van der Waals surface area (Å²) in [6.07, 6.45) is 13.9. The molecule has 0 saturated heterocycles. The molecule has 0 aromatic rings. The highest BCUT2D eigenvalue weighted by Crippen LogP contribution is 2.60. The Kier molecular flexibility index (Phi) is 7.37. The van der Waals surface area contributed by atoms with Crippen molar-refractivity contribution in [1.29, 1.82) is 0 Å². The van der Waals surface area contributed by atoms with Gasteiger partial charge in [0, 0.05) is 6.42 Å². The van der Waals surface area contributed by atoms with E-state index >= 15 is 0 Å². The number of hydrogen-bond donors (Lipinski definition) is 3. The van der Waals surface area contributed by atoms with E-state index in [1.165, 1.54) is 38.5 Å². The Labute approximate surface area is 184 Å². The van der Waals surface area contributed by atoms with E-state index in [1.54, 1.807) is 5.57 Å². The third-order valence-corrected chi connectivity index (χ3v) is 8.44. The smallest absolute Gasteiger partial charge is 0.0811 e. The number of aliphatic hydroxyl groups excluding tert-OH is 2. The molecule has 0 bridgehead atoms. The first-order valence-electron chi connectivity index (χ1n) is 12.2. The molecule has 3 N–H and O–H groups in total. The van der Waals surface area contributed by atoms with Crippen LogP contribution in [0.15, 0.2) is 35.5 Å². The van der Waals surface area contributed by atoms with Crippen molar-refractivity contribution in [2.45, 2.75) is 110 Å². The lowest BCUT2D eigenvalue weighted by Crippen LogP contribution is -2.36. The van der Waals surface area contributed by atoms with Crippen LogP contribution in [0.2, 0.25) is 0 Å². The molecule has 0 spiro atoms. The van der Waals surface area contributed by atoms with Gasteiger partial charge < -0.3 is 15.3 Å². The zero-order valence-corrected chi connectivity index (χ0v) is 19.7. The van der Waals surface area contributed by atoms with Gasteiger partial charge in [0.2, 0.25) is 0 Å². The Bertz CT molecular complexity index is 683. The monoisotopic (exact) mass is 416 g/mol. The summed E-state index contributed by atoms with van der Waals surface area (Å²) >= 11 is 0. The fraction of sp³-hybridized carbons (Fsp3) is 0.778. The summed E-state index contributed by atoms with van der Waals surface area (Å²) in [7, 11) is 0. The van der Waals surface area contributed by atoms with Crippen LogP contribution < -0.4 is 0 Å². The predicted molar refractivity (Wildman–Crippen MR) is 124 cm³/mol. The second-order valence-electron chi connectivity index (χ2n) is 11.3. The third-order valence-electron chi connectivity index (χ3n) is 8.44. The molecule has 3 nitrogen and oxygen atoms in total. The van der Waals surface area contributed by atoms with Crippen molar-refractivity contribution in [2.75, 3.05) is 0 Å². The molecule has 0 aromatic carbocycles. The van der Waals surface area contributed by atoms with Gasteiger partial charge in [-0.2, -0.15) is 0 Å². The van der Waals surface area contributed by atoms with Gasteiger partial charge in [-0.25, -0.2) is 0 Å². The highest BCUT2D eigenvalue weighted by atomic mass is 16.3. The quantitative estimate of drug-likeness (QED) is 0.520. The first kappa shape index (κ1) is 23.8. The summed E-state index contributed by atoms with van der Waals surface area (Å²) in [4.78, 5) is 0. The van der Waals surface area contributed by atoms with Crippen LogP contribution in [0.3, 0.4) is 0 Å². The van der Waals surface area contributed by atoms with Crippen molar-refractivity contribution in [2.24, 2.45) is 23.2 Å². The number of hydrogen-bond acceptors (Lipinski definition) is 3. The molecule has 2 unspecified atom stereocenters. The lowest BCUT2D eigenvalue weighted by atomic mass is 9.60. The molecule has 170 valence electrons. The minimum absolute atomic E-state index is 0.374. The van der Waals surface area contributed by atoms with Gasteiger partial charge in [-0.15, -0.1) is 0 Å². The molecule has 6 atom stereocenters. The third kappa shape index (κ3) is 5.29. The fourth-order valence-electron chi connectivity index (χ4n) is 6.74. The van der Waals surface area contributed by atoms with E-state index in [9.17, 15) is 15.3 Å². The van der Waals surface area contributed by atoms with E-state index in [-0.39, 0.29) is 0 Å². The summed E-state index contributed by atoms with van der Waals surface area (Å²) in [6.45, 7) is 12.8. The van der Waals surface area contributed by atoms with Gasteiger partial charge in [0.15, 0.2) is 0 Å². The minimum Gasteiger partial charge on any atom is -0.393 e. The average Bonchev–Trinajstić information content (AvgIpc) is 3.00. The van der Waals surface area contributed by atoms with E-state index < -0.39 is 17.8 Å². The average molecular weight is 417 g/mol. The van der Waals surface area contributed by atoms with Crippen LogP contribution in [-0.4, -0.2) is 33.1 Å². The Hall–Kier alpha value is -0.900. The summed E-state index contributed by atoms with van der Waals surface area (Å²) < 4.78 is 0. The van der Waals surface area contributed by atoms with Crippen molar-refractivity contribution in [3.8, 4) is 0 Å². The van der Waals surface area contributed by atoms with E-state index in [0.29, 0.717) is 30.1 Å². The SMILES string of the molecule is C=C1C(=CC=C2CCC[C@]3(C)[C@@H]([C@H](C)CCCC(C)(C)O)CC[C@@H]23)CC(O)CC1O. The Morgan fingerprint density at radius 2 is 1.97 bits per heavy atom. The van der Waals surface area contributed by atoms with E-state index in [2.05, 4.69) is 32.6 Å². The maximum Gasteiger partial charge on any atom is 0.0811 e. The lowest BCUT2D eigenvalue weighted by molar-refractivity contribution is 0.0596. The van der Waals surface area contributed by atoms with Gasteiger partial charge >= 0.3 is 0 Å². The van der Waals surface area contributed by atoms with Crippen molar-refractivity contribution in [3.63, 3.8) is 0 Å². The number of aliphatic hydroxyl groups is 3. The van der Waals surface area contributed by atoms with Crippen molar-refractivity contribution in [1.82, 2.24) is 0 Å². The zero-order chi connectivity index (χ0) is 22.1. The molecular weight excluding hydrogens is 372 g/mol. The highest BCUT2D eigenvalue weighted by Gasteiger charge is 2.50. The molecule has 3 aliphatic carbocycles. The number of fused-ring (bicyclic) bond motifs is 1. The van der Waals surface area contributed by atoms with Gasteiger partial charge in [0.25, 0.3) is 0 Å². The predicted octanol–water partition coefficient (Wildman–Crippen LogP) is 5.70. The second-order valence-corrected chi connectivity index (χ2v) is 11.3. The zero-order valence-electron chi connectivity index (χ0n) is 19.7. The first-order chi connectivity index (χ1) is 14.0. The first-order valence-corrected chi connectivity index (χ1v) is 12.2. The molecule has 3 aliphatic rings. The number of allylic oxidation sites excluding steroid dienone is 3. The summed E-state index contributed by atoms with van der Waals surface area (Å²) in [5, 5.41) is 30.2. The fourth-order valence-corrected chi connectivity index (χ4v) is 6.74. The Balaban J connectivity index is 1.70. The maximum absolute atomic E-state index is 10.1. The minimum atomic E-state index is -0.615. The molecule has 3 saturated carbocycles. The van der Waals surface area contributed by atoms with Crippen LogP contribution >= 0.6 is 0 Å². The maximum atomic E-state index is 10.1. The van der Waals surface area contributed by atoms with Crippen LogP contribution in [0, 0.1) is 23.2 Å². The van der Waals surface area contributed by atoms with E-state index in [4.69, 9.17) is 0 Å². The summed E-state index contributed by atoms with van der Waals surface area (Å²) in [6, 6.07) is 0. The van der Waals surface area contributed by atoms with E-state index in [1.807, 2.05) is 13.8 Å². The normalized spacial score (nSPS) is 38.8.